The van der Waals surface area contributed by atoms with E-state index in [2.05, 4.69) is 42.7 Å². The minimum atomic E-state index is -0.610. The summed E-state index contributed by atoms with van der Waals surface area (Å²) in [4.78, 5) is 17.2. The molecule has 0 aliphatic carbocycles. The van der Waals surface area contributed by atoms with Crippen LogP contribution in [0.5, 0.6) is 0 Å². The van der Waals surface area contributed by atoms with Gasteiger partial charge in [0.15, 0.2) is 5.03 Å². The van der Waals surface area contributed by atoms with Crippen molar-refractivity contribution in [3.05, 3.63) is 39.2 Å². The standard InChI is InChI=1S/C17H27ClN4O2S2/c1-13(2)10-21(11-15-5-6-16(18)19-9-15)7-8-25-17(20-22(23)24)26-12-14(3)4/h5-6,9,13-14H,7-8,10-12H2,1-4H3/b20-17-. The van der Waals surface area contributed by atoms with Gasteiger partial charge in [-0.05, 0) is 23.5 Å². The van der Waals surface area contributed by atoms with Gasteiger partial charge in [0.1, 0.15) is 5.15 Å². The molecule has 0 aliphatic heterocycles. The molecule has 1 aromatic heterocycles. The summed E-state index contributed by atoms with van der Waals surface area (Å²) in [5.41, 5.74) is 1.11. The van der Waals surface area contributed by atoms with Crippen molar-refractivity contribution in [3.63, 3.8) is 0 Å². The number of aromatic nitrogens is 1. The van der Waals surface area contributed by atoms with Crippen LogP contribution in [0.4, 0.5) is 0 Å². The van der Waals surface area contributed by atoms with Crippen LogP contribution in [-0.4, -0.2) is 43.9 Å². The molecule has 1 aromatic rings. The topological polar surface area (TPSA) is 71.6 Å². The Hall–Kier alpha value is -0.830. The third-order valence-electron chi connectivity index (χ3n) is 3.15. The maximum Gasteiger partial charge on any atom is 0.203 e. The number of halogens is 1. The molecule has 6 nitrogen and oxygen atoms in total. The fourth-order valence-electron chi connectivity index (χ4n) is 2.18. The molecule has 0 unspecified atom stereocenters. The van der Waals surface area contributed by atoms with Gasteiger partial charge in [0, 0.05) is 37.3 Å². The number of hydrogen-bond donors (Lipinski definition) is 0. The summed E-state index contributed by atoms with van der Waals surface area (Å²) in [5, 5.41) is 14.1. The highest BCUT2D eigenvalue weighted by atomic mass is 35.5. The number of rotatable bonds is 10. The lowest BCUT2D eigenvalue weighted by atomic mass is 10.2. The number of hydrogen-bond acceptors (Lipinski definition) is 6. The van der Waals surface area contributed by atoms with Crippen molar-refractivity contribution >= 4 is 39.5 Å². The van der Waals surface area contributed by atoms with Crippen molar-refractivity contribution in [1.82, 2.24) is 9.88 Å². The lowest BCUT2D eigenvalue weighted by Crippen LogP contribution is -2.29. The van der Waals surface area contributed by atoms with E-state index in [1.165, 1.54) is 23.5 Å². The third kappa shape index (κ3) is 11.0. The number of nitro groups is 1. The summed E-state index contributed by atoms with van der Waals surface area (Å²) >= 11 is 8.76. The van der Waals surface area contributed by atoms with Gasteiger partial charge < -0.3 is 0 Å². The Kier molecular flexibility index (Phi) is 11.2. The third-order valence-corrected chi connectivity index (χ3v) is 5.96. The molecule has 1 rings (SSSR count). The van der Waals surface area contributed by atoms with Crippen molar-refractivity contribution in [3.8, 4) is 0 Å². The van der Waals surface area contributed by atoms with E-state index in [1.54, 1.807) is 12.3 Å². The summed E-state index contributed by atoms with van der Waals surface area (Å²) in [6.45, 7) is 11.1. The molecule has 0 saturated carbocycles. The van der Waals surface area contributed by atoms with Crippen LogP contribution >= 0.6 is 35.1 Å². The average Bonchev–Trinajstić information content (AvgIpc) is 2.53. The molecule has 9 heteroatoms. The largest absolute Gasteiger partial charge is 0.298 e. The second-order valence-electron chi connectivity index (χ2n) is 6.78. The van der Waals surface area contributed by atoms with Gasteiger partial charge in [-0.2, -0.15) is 0 Å². The van der Waals surface area contributed by atoms with Gasteiger partial charge in [0.05, 0.1) is 5.10 Å². The SMILES string of the molecule is CC(C)CS/C(=N\[N+](=O)[O-])SCCN(Cc1ccc(Cl)nc1)CC(C)C. The molecule has 0 radical (unpaired) electrons. The molecule has 0 fully saturated rings. The number of pyridine rings is 1. The summed E-state index contributed by atoms with van der Waals surface area (Å²) < 4.78 is 0.529. The quantitative estimate of drug-likeness (QED) is 0.177. The molecule has 0 atom stereocenters. The monoisotopic (exact) mass is 418 g/mol. The Labute approximate surface area is 169 Å². The highest BCUT2D eigenvalue weighted by Gasteiger charge is 2.12. The molecule has 0 N–H and O–H groups in total. The fraction of sp³-hybridized carbons (Fsp3) is 0.647. The molecular weight excluding hydrogens is 392 g/mol. The van der Waals surface area contributed by atoms with Crippen molar-refractivity contribution in [2.75, 3.05) is 24.6 Å². The summed E-state index contributed by atoms with van der Waals surface area (Å²) in [6, 6.07) is 3.78. The summed E-state index contributed by atoms with van der Waals surface area (Å²) in [5.74, 6) is 2.58. The van der Waals surface area contributed by atoms with Crippen LogP contribution in [0.1, 0.15) is 33.3 Å². The van der Waals surface area contributed by atoms with Gasteiger partial charge in [-0.3, -0.25) is 4.90 Å². The van der Waals surface area contributed by atoms with Crippen LogP contribution in [0.25, 0.3) is 0 Å². The molecule has 0 amide bonds. The van der Waals surface area contributed by atoms with Gasteiger partial charge >= 0.3 is 0 Å². The van der Waals surface area contributed by atoms with Crippen molar-refractivity contribution in [1.29, 1.82) is 0 Å². The van der Waals surface area contributed by atoms with E-state index in [9.17, 15) is 10.1 Å². The molecule has 0 saturated heterocycles. The zero-order chi connectivity index (χ0) is 19.5. The van der Waals surface area contributed by atoms with Gasteiger partial charge in [-0.25, -0.2) is 15.1 Å². The van der Waals surface area contributed by atoms with Crippen LogP contribution < -0.4 is 0 Å². The molecule has 26 heavy (non-hydrogen) atoms. The first kappa shape index (κ1) is 23.2. The van der Waals surface area contributed by atoms with Crippen LogP contribution in [0.15, 0.2) is 23.4 Å². The minimum Gasteiger partial charge on any atom is -0.298 e. The Morgan fingerprint density at radius 3 is 2.58 bits per heavy atom. The Bertz CT molecular complexity index is 583. The molecule has 0 bridgehead atoms. The summed E-state index contributed by atoms with van der Waals surface area (Å²) in [6.07, 6.45) is 1.79. The smallest absolute Gasteiger partial charge is 0.203 e. The van der Waals surface area contributed by atoms with Gasteiger partial charge in [0.25, 0.3) is 0 Å². The van der Waals surface area contributed by atoms with E-state index in [-0.39, 0.29) is 0 Å². The van der Waals surface area contributed by atoms with Crippen LogP contribution in [-0.2, 0) is 6.54 Å². The molecule has 146 valence electrons. The predicted octanol–water partition coefficient (Wildman–Crippen LogP) is 4.86. The van der Waals surface area contributed by atoms with Crippen molar-refractivity contribution in [2.45, 2.75) is 34.2 Å². The number of hydrazone groups is 1. The second-order valence-corrected chi connectivity index (χ2v) is 9.51. The van der Waals surface area contributed by atoms with E-state index in [1.807, 2.05) is 6.07 Å². The Morgan fingerprint density at radius 2 is 2.04 bits per heavy atom. The van der Waals surface area contributed by atoms with Crippen molar-refractivity contribution < 1.29 is 5.03 Å². The first-order valence-corrected chi connectivity index (χ1v) is 10.9. The van der Waals surface area contributed by atoms with E-state index >= 15 is 0 Å². The maximum absolute atomic E-state index is 10.7. The predicted molar refractivity (Wildman–Crippen MR) is 114 cm³/mol. The van der Waals surface area contributed by atoms with E-state index in [4.69, 9.17) is 11.6 Å². The summed E-state index contributed by atoms with van der Waals surface area (Å²) in [7, 11) is 0. The lowest BCUT2D eigenvalue weighted by Gasteiger charge is -2.24. The molecule has 0 spiro atoms. The average molecular weight is 419 g/mol. The molecule has 0 aliphatic rings. The molecule has 0 aromatic carbocycles. The molecule has 1 heterocycles. The van der Waals surface area contributed by atoms with Crippen molar-refractivity contribution in [2.24, 2.45) is 16.9 Å². The van der Waals surface area contributed by atoms with Crippen LogP contribution in [0.3, 0.4) is 0 Å². The first-order chi connectivity index (χ1) is 12.3. The lowest BCUT2D eigenvalue weighted by molar-refractivity contribution is -0.484. The van der Waals surface area contributed by atoms with E-state index < -0.39 is 5.03 Å². The zero-order valence-electron chi connectivity index (χ0n) is 15.7. The maximum atomic E-state index is 10.7. The van der Waals surface area contributed by atoms with E-state index in [0.29, 0.717) is 21.4 Å². The zero-order valence-corrected chi connectivity index (χ0v) is 18.1. The van der Waals surface area contributed by atoms with Gasteiger partial charge in [-0.15, -0.1) is 0 Å². The van der Waals surface area contributed by atoms with E-state index in [0.717, 1.165) is 36.7 Å². The Morgan fingerprint density at radius 1 is 1.31 bits per heavy atom. The number of thioether (sulfide) groups is 2. The first-order valence-electron chi connectivity index (χ1n) is 8.57. The fourth-order valence-corrected chi connectivity index (χ4v) is 4.32. The normalized spacial score (nSPS) is 12.4. The number of nitrogens with zero attached hydrogens (tertiary/aromatic N) is 4. The Balaban J connectivity index is 2.60. The van der Waals surface area contributed by atoms with Gasteiger partial charge in [0.2, 0.25) is 4.38 Å². The van der Waals surface area contributed by atoms with Crippen LogP contribution in [0.2, 0.25) is 5.15 Å². The highest BCUT2D eigenvalue weighted by molar-refractivity contribution is 8.38. The highest BCUT2D eigenvalue weighted by Crippen LogP contribution is 2.20. The van der Waals surface area contributed by atoms with Gasteiger partial charge in [-0.1, -0.05) is 68.9 Å². The second kappa shape index (κ2) is 12.5. The molecular formula is C17H27ClN4O2S2. The minimum absolute atomic E-state index is 0.465. The van der Waals surface area contributed by atoms with Crippen LogP contribution in [0, 0.1) is 22.0 Å².